The lowest BCUT2D eigenvalue weighted by molar-refractivity contribution is 0.192. The van der Waals surface area contributed by atoms with E-state index in [0.717, 1.165) is 76.8 Å². The van der Waals surface area contributed by atoms with Crippen molar-refractivity contribution in [2.24, 2.45) is 4.99 Å². The molecular formula is C19H32N4O2. The van der Waals surface area contributed by atoms with Crippen LogP contribution in [0.25, 0.3) is 0 Å². The van der Waals surface area contributed by atoms with Crippen molar-refractivity contribution in [3.63, 3.8) is 0 Å². The Hall–Kier alpha value is -1.95. The van der Waals surface area contributed by atoms with Crippen molar-refractivity contribution < 1.29 is 9.84 Å². The lowest BCUT2D eigenvalue weighted by Crippen LogP contribution is -2.52. The number of unbranched alkanes of at least 4 members (excludes halogenated alkanes) is 2. The maximum Gasteiger partial charge on any atom is 0.194 e. The molecule has 0 unspecified atom stereocenters. The molecule has 0 amide bonds. The smallest absolute Gasteiger partial charge is 0.194 e. The molecular weight excluding hydrogens is 316 g/mol. The minimum absolute atomic E-state index is 0.354. The number of aliphatic imine (C=N–C) groups is 1. The van der Waals surface area contributed by atoms with E-state index in [4.69, 9.17) is 9.73 Å². The summed E-state index contributed by atoms with van der Waals surface area (Å²) in [7, 11) is 1.75. The molecule has 0 aliphatic carbocycles. The van der Waals surface area contributed by atoms with E-state index in [2.05, 4.69) is 22.0 Å². The van der Waals surface area contributed by atoms with E-state index in [1.165, 1.54) is 0 Å². The normalized spacial score (nSPS) is 15.5. The van der Waals surface area contributed by atoms with Gasteiger partial charge in [0.25, 0.3) is 0 Å². The van der Waals surface area contributed by atoms with E-state index in [1.807, 2.05) is 18.2 Å². The van der Waals surface area contributed by atoms with Crippen LogP contribution in [0.15, 0.2) is 29.3 Å². The highest BCUT2D eigenvalue weighted by Gasteiger charge is 2.21. The van der Waals surface area contributed by atoms with E-state index < -0.39 is 0 Å². The third-order valence-corrected chi connectivity index (χ3v) is 4.40. The third kappa shape index (κ3) is 6.12. The lowest BCUT2D eigenvalue weighted by atomic mass is 10.2. The first-order valence-electron chi connectivity index (χ1n) is 9.31. The van der Waals surface area contributed by atoms with Crippen molar-refractivity contribution in [3.05, 3.63) is 24.3 Å². The Morgan fingerprint density at radius 1 is 1.16 bits per heavy atom. The van der Waals surface area contributed by atoms with Gasteiger partial charge >= 0.3 is 0 Å². The molecule has 0 spiro atoms. The summed E-state index contributed by atoms with van der Waals surface area (Å²) in [6.07, 6.45) is 3.34. The molecule has 0 atom stereocenters. The summed E-state index contributed by atoms with van der Waals surface area (Å²) in [5, 5.41) is 13.4. The van der Waals surface area contributed by atoms with Crippen molar-refractivity contribution in [1.82, 2.24) is 10.2 Å². The van der Waals surface area contributed by atoms with Gasteiger partial charge in [-0.05, 0) is 38.3 Å². The number of hydrogen-bond donors (Lipinski definition) is 2. The monoisotopic (exact) mass is 348 g/mol. The number of piperazine rings is 1. The second-order valence-corrected chi connectivity index (χ2v) is 6.25. The zero-order valence-electron chi connectivity index (χ0n) is 15.6. The molecule has 0 aromatic heterocycles. The average Bonchev–Trinajstić information content (AvgIpc) is 2.64. The third-order valence-electron chi connectivity index (χ3n) is 4.40. The van der Waals surface area contributed by atoms with Gasteiger partial charge in [-0.1, -0.05) is 12.1 Å². The zero-order chi connectivity index (χ0) is 17.9. The van der Waals surface area contributed by atoms with Gasteiger partial charge in [-0.25, -0.2) is 0 Å². The number of rotatable bonds is 8. The molecule has 1 aliphatic heterocycles. The number of benzene rings is 1. The fourth-order valence-corrected chi connectivity index (χ4v) is 3.04. The minimum atomic E-state index is 0.354. The van der Waals surface area contributed by atoms with Crippen molar-refractivity contribution in [2.75, 3.05) is 57.9 Å². The molecule has 0 saturated carbocycles. The fraction of sp³-hybridized carbons (Fsp3) is 0.632. The Morgan fingerprint density at radius 2 is 1.92 bits per heavy atom. The Morgan fingerprint density at radius 3 is 2.60 bits per heavy atom. The average molecular weight is 348 g/mol. The fourth-order valence-electron chi connectivity index (χ4n) is 3.04. The molecule has 1 aromatic rings. The van der Waals surface area contributed by atoms with Crippen LogP contribution in [-0.4, -0.2) is 69.0 Å². The molecule has 1 fully saturated rings. The predicted molar refractivity (Wildman–Crippen MR) is 104 cm³/mol. The largest absolute Gasteiger partial charge is 0.506 e. The number of para-hydroxylation sites is 2. The summed E-state index contributed by atoms with van der Waals surface area (Å²) in [4.78, 5) is 9.32. The van der Waals surface area contributed by atoms with E-state index >= 15 is 0 Å². The number of aromatic hydroxyl groups is 1. The Kier molecular flexibility index (Phi) is 8.39. The first-order chi connectivity index (χ1) is 12.3. The van der Waals surface area contributed by atoms with Gasteiger partial charge in [0.2, 0.25) is 0 Å². The molecule has 1 heterocycles. The van der Waals surface area contributed by atoms with Crippen LogP contribution in [0.4, 0.5) is 5.69 Å². The molecule has 2 rings (SSSR count). The van der Waals surface area contributed by atoms with Gasteiger partial charge in [0, 0.05) is 53.0 Å². The molecule has 0 radical (unpaired) electrons. The summed E-state index contributed by atoms with van der Waals surface area (Å²) < 4.78 is 5.08. The van der Waals surface area contributed by atoms with Crippen LogP contribution in [0.1, 0.15) is 26.2 Å². The molecule has 140 valence electrons. The Balaban J connectivity index is 1.83. The molecule has 1 aromatic carbocycles. The maximum absolute atomic E-state index is 10.0. The number of guanidine groups is 1. The van der Waals surface area contributed by atoms with Crippen LogP contribution in [-0.2, 0) is 4.74 Å². The predicted octanol–water partition coefficient (Wildman–Crippen LogP) is 2.30. The standard InChI is InChI=1S/C19H32N4O2/c1-3-20-19(21-11-7-4-8-16-25-2)23-14-12-22(13-15-23)17-9-5-6-10-18(17)24/h5-6,9-10,24H,3-4,7-8,11-16H2,1-2H3,(H,20,21). The van der Waals surface area contributed by atoms with Crippen LogP contribution in [0, 0.1) is 0 Å². The highest BCUT2D eigenvalue weighted by Crippen LogP contribution is 2.27. The number of hydrogen-bond acceptors (Lipinski definition) is 4. The number of ether oxygens (including phenoxy) is 1. The highest BCUT2D eigenvalue weighted by molar-refractivity contribution is 5.80. The molecule has 6 heteroatoms. The van der Waals surface area contributed by atoms with Crippen LogP contribution < -0.4 is 10.2 Å². The van der Waals surface area contributed by atoms with E-state index in [9.17, 15) is 5.11 Å². The van der Waals surface area contributed by atoms with E-state index in [1.54, 1.807) is 13.2 Å². The molecule has 0 bridgehead atoms. The quantitative estimate of drug-likeness (QED) is 0.429. The first-order valence-corrected chi connectivity index (χ1v) is 9.31. The number of methoxy groups -OCH3 is 1. The maximum atomic E-state index is 10.0. The van der Waals surface area contributed by atoms with Crippen LogP contribution in [0.2, 0.25) is 0 Å². The van der Waals surface area contributed by atoms with Crippen molar-refractivity contribution >= 4 is 11.6 Å². The minimum Gasteiger partial charge on any atom is -0.506 e. The second-order valence-electron chi connectivity index (χ2n) is 6.25. The van der Waals surface area contributed by atoms with E-state index in [-0.39, 0.29) is 0 Å². The van der Waals surface area contributed by atoms with Gasteiger partial charge < -0.3 is 25.0 Å². The summed E-state index contributed by atoms with van der Waals surface area (Å²) in [6, 6.07) is 7.55. The van der Waals surface area contributed by atoms with Crippen molar-refractivity contribution in [3.8, 4) is 5.75 Å². The molecule has 25 heavy (non-hydrogen) atoms. The Bertz CT molecular complexity index is 528. The summed E-state index contributed by atoms with van der Waals surface area (Å²) in [5.41, 5.74) is 0.919. The summed E-state index contributed by atoms with van der Waals surface area (Å²) >= 11 is 0. The second kappa shape index (κ2) is 10.8. The first kappa shape index (κ1) is 19.4. The molecule has 1 aliphatic rings. The van der Waals surface area contributed by atoms with Gasteiger partial charge in [0.05, 0.1) is 5.69 Å². The topological polar surface area (TPSA) is 60.3 Å². The van der Waals surface area contributed by atoms with Gasteiger partial charge in [0.1, 0.15) is 5.75 Å². The molecule has 2 N–H and O–H groups in total. The molecule has 6 nitrogen and oxygen atoms in total. The van der Waals surface area contributed by atoms with Gasteiger partial charge in [-0.15, -0.1) is 0 Å². The van der Waals surface area contributed by atoms with E-state index in [0.29, 0.717) is 5.75 Å². The van der Waals surface area contributed by atoms with Crippen LogP contribution in [0.5, 0.6) is 5.75 Å². The van der Waals surface area contributed by atoms with Gasteiger partial charge in [-0.2, -0.15) is 0 Å². The molecule has 1 saturated heterocycles. The Labute approximate surface area is 151 Å². The number of phenolic OH excluding ortho intramolecular Hbond substituents is 1. The van der Waals surface area contributed by atoms with Crippen molar-refractivity contribution in [2.45, 2.75) is 26.2 Å². The van der Waals surface area contributed by atoms with Crippen LogP contribution >= 0.6 is 0 Å². The number of phenols is 1. The highest BCUT2D eigenvalue weighted by atomic mass is 16.5. The zero-order valence-corrected chi connectivity index (χ0v) is 15.6. The number of anilines is 1. The number of nitrogens with one attached hydrogen (secondary N) is 1. The van der Waals surface area contributed by atoms with Gasteiger partial charge in [-0.3, -0.25) is 4.99 Å². The van der Waals surface area contributed by atoms with Crippen molar-refractivity contribution in [1.29, 1.82) is 0 Å². The van der Waals surface area contributed by atoms with Gasteiger partial charge in [0.15, 0.2) is 5.96 Å². The summed E-state index contributed by atoms with van der Waals surface area (Å²) in [5.74, 6) is 1.36. The van der Waals surface area contributed by atoms with Crippen LogP contribution in [0.3, 0.4) is 0 Å². The number of nitrogens with zero attached hydrogens (tertiary/aromatic N) is 3. The summed E-state index contributed by atoms with van der Waals surface area (Å²) in [6.45, 7) is 8.25. The SMILES string of the molecule is CCNC(=NCCCCCOC)N1CCN(c2ccccc2O)CC1. The lowest BCUT2D eigenvalue weighted by Gasteiger charge is -2.37.